The molecule has 0 saturated carbocycles. The van der Waals surface area contributed by atoms with Crippen LogP contribution in [0.4, 0.5) is 0 Å². The van der Waals surface area contributed by atoms with Crippen LogP contribution in [0.1, 0.15) is 27.7 Å². The SMILES string of the molecule is CC(C)O.CC(C)O.ClC(Cl)Cl. The molecular weight excluding hydrogens is 222 g/mol. The first-order valence-electron chi connectivity index (χ1n) is 3.48. The Balaban J connectivity index is -0.000000101. The molecule has 0 radical (unpaired) electrons. The van der Waals surface area contributed by atoms with Crippen molar-refractivity contribution >= 4 is 34.8 Å². The third kappa shape index (κ3) is 1660. The number of aliphatic hydroxyl groups excluding tert-OH is 2. The molecule has 2 N–H and O–H groups in total. The molecule has 0 heterocycles. The third-order valence-electron chi connectivity index (χ3n) is 0. The zero-order chi connectivity index (χ0) is 10.7. The zero-order valence-corrected chi connectivity index (χ0v) is 10.0. The van der Waals surface area contributed by atoms with Gasteiger partial charge in [0.25, 0.3) is 0 Å². The molecule has 0 amide bonds. The van der Waals surface area contributed by atoms with Crippen molar-refractivity contribution in [1.29, 1.82) is 0 Å². The van der Waals surface area contributed by atoms with E-state index in [1.165, 1.54) is 0 Å². The summed E-state index contributed by atoms with van der Waals surface area (Å²) in [6.07, 6.45) is -0.333. The third-order valence-corrected chi connectivity index (χ3v) is 0. The lowest BCUT2D eigenvalue weighted by Crippen LogP contribution is -1.85. The average Bonchev–Trinajstić information content (AvgIpc) is 1.54. The van der Waals surface area contributed by atoms with Gasteiger partial charge in [-0.2, -0.15) is 0 Å². The molecule has 0 aliphatic heterocycles. The minimum atomic E-state index is -0.750. The molecule has 0 rings (SSSR count). The molecule has 12 heavy (non-hydrogen) atoms. The molecule has 0 unspecified atom stereocenters. The minimum Gasteiger partial charge on any atom is -0.394 e. The molecule has 0 fully saturated rings. The Morgan fingerprint density at radius 2 is 0.750 bits per heavy atom. The monoisotopic (exact) mass is 238 g/mol. The summed E-state index contributed by atoms with van der Waals surface area (Å²) in [5.41, 5.74) is 0. The average molecular weight is 240 g/mol. The van der Waals surface area contributed by atoms with Crippen LogP contribution in [-0.2, 0) is 0 Å². The Morgan fingerprint density at radius 3 is 0.750 bits per heavy atom. The summed E-state index contributed by atoms with van der Waals surface area (Å²) in [4.78, 5) is 0. The summed E-state index contributed by atoms with van der Waals surface area (Å²) in [5, 5.41) is 16.1. The Morgan fingerprint density at radius 1 is 0.750 bits per heavy atom. The van der Waals surface area contributed by atoms with Gasteiger partial charge < -0.3 is 10.2 Å². The predicted octanol–water partition coefficient (Wildman–Crippen LogP) is 2.76. The molecule has 0 aliphatic rings. The van der Waals surface area contributed by atoms with E-state index in [4.69, 9.17) is 45.0 Å². The lowest BCUT2D eigenvalue weighted by Gasteiger charge is -1.80. The van der Waals surface area contributed by atoms with E-state index in [1.807, 2.05) is 0 Å². The molecule has 0 aromatic heterocycles. The first-order chi connectivity index (χ1) is 5.20. The molecule has 0 bridgehead atoms. The first-order valence-corrected chi connectivity index (χ1v) is 4.79. The summed E-state index contributed by atoms with van der Waals surface area (Å²) in [6.45, 7) is 6.89. The Hall–Kier alpha value is 0.790. The van der Waals surface area contributed by atoms with Crippen LogP contribution < -0.4 is 0 Å². The van der Waals surface area contributed by atoms with Gasteiger partial charge in [0.05, 0.1) is 0 Å². The zero-order valence-electron chi connectivity index (χ0n) is 7.76. The van der Waals surface area contributed by atoms with Gasteiger partial charge in [0.1, 0.15) is 0 Å². The molecule has 0 aliphatic carbocycles. The fourth-order valence-electron chi connectivity index (χ4n) is 0. The van der Waals surface area contributed by atoms with E-state index < -0.39 is 4.30 Å². The topological polar surface area (TPSA) is 40.5 Å². The van der Waals surface area contributed by atoms with Gasteiger partial charge in [0, 0.05) is 12.2 Å². The summed E-state index contributed by atoms with van der Waals surface area (Å²) < 4.78 is -0.750. The quantitative estimate of drug-likeness (QED) is 0.638. The molecular formula is C7H17Cl3O2. The molecule has 0 aromatic carbocycles. The van der Waals surface area contributed by atoms with Gasteiger partial charge in [-0.3, -0.25) is 0 Å². The standard InChI is InChI=1S/2C3H8O.CHCl3/c2*1-3(2)4;2-1(3)4/h2*3-4H,1-2H3;1H. The Bertz CT molecular complexity index is 45.1. The second kappa shape index (κ2) is 14.3. The van der Waals surface area contributed by atoms with Gasteiger partial charge in [-0.05, 0) is 27.7 Å². The highest BCUT2D eigenvalue weighted by Gasteiger charge is 1.78. The van der Waals surface area contributed by atoms with Crippen LogP contribution in [0.25, 0.3) is 0 Å². The van der Waals surface area contributed by atoms with Crippen molar-refractivity contribution in [2.24, 2.45) is 0 Å². The second-order valence-electron chi connectivity index (χ2n) is 2.43. The maximum absolute atomic E-state index is 8.06. The van der Waals surface area contributed by atoms with Crippen LogP contribution in [-0.4, -0.2) is 26.7 Å². The van der Waals surface area contributed by atoms with Gasteiger partial charge in [-0.15, -0.1) is 0 Å². The van der Waals surface area contributed by atoms with Crippen molar-refractivity contribution in [2.75, 3.05) is 0 Å². The normalized spacial score (nSPS) is 9.00. The van der Waals surface area contributed by atoms with Crippen molar-refractivity contribution in [3.63, 3.8) is 0 Å². The number of rotatable bonds is 0. The molecule has 0 spiro atoms. The molecule has 5 heteroatoms. The highest BCUT2D eigenvalue weighted by Crippen LogP contribution is 2.03. The second-order valence-corrected chi connectivity index (χ2v) is 4.41. The summed E-state index contributed by atoms with van der Waals surface area (Å²) >= 11 is 14.4. The van der Waals surface area contributed by atoms with E-state index in [1.54, 1.807) is 27.7 Å². The highest BCUT2D eigenvalue weighted by atomic mass is 35.6. The van der Waals surface area contributed by atoms with Crippen molar-refractivity contribution < 1.29 is 10.2 Å². The van der Waals surface area contributed by atoms with E-state index >= 15 is 0 Å². The maximum atomic E-state index is 8.06. The molecule has 0 atom stereocenters. The Labute approximate surface area is 89.4 Å². The van der Waals surface area contributed by atoms with Gasteiger partial charge in [0.15, 0.2) is 4.30 Å². The lowest BCUT2D eigenvalue weighted by molar-refractivity contribution is 0.215. The van der Waals surface area contributed by atoms with Crippen LogP contribution >= 0.6 is 34.8 Å². The van der Waals surface area contributed by atoms with Gasteiger partial charge >= 0.3 is 0 Å². The van der Waals surface area contributed by atoms with E-state index in [0.717, 1.165) is 0 Å². The van der Waals surface area contributed by atoms with Gasteiger partial charge in [-0.25, -0.2) is 0 Å². The van der Waals surface area contributed by atoms with Gasteiger partial charge in [-0.1, -0.05) is 34.8 Å². The summed E-state index contributed by atoms with van der Waals surface area (Å²) in [6, 6.07) is 0. The first kappa shape index (κ1) is 18.5. The van der Waals surface area contributed by atoms with E-state index in [0.29, 0.717) is 0 Å². The van der Waals surface area contributed by atoms with Crippen LogP contribution in [0, 0.1) is 0 Å². The van der Waals surface area contributed by atoms with Crippen LogP contribution in [0.2, 0.25) is 0 Å². The Kier molecular flexibility index (Phi) is 22.1. The maximum Gasteiger partial charge on any atom is 0.180 e. The van der Waals surface area contributed by atoms with Crippen molar-refractivity contribution in [2.45, 2.75) is 44.2 Å². The number of hydrogen-bond donors (Lipinski definition) is 2. The highest BCUT2D eigenvalue weighted by molar-refractivity contribution is 6.63. The van der Waals surface area contributed by atoms with Crippen LogP contribution in [0.3, 0.4) is 0 Å². The summed E-state index contributed by atoms with van der Waals surface area (Å²) in [5.74, 6) is 0. The predicted molar refractivity (Wildman–Crippen MR) is 56.1 cm³/mol. The fourth-order valence-corrected chi connectivity index (χ4v) is 0. The van der Waals surface area contributed by atoms with E-state index in [-0.39, 0.29) is 12.2 Å². The van der Waals surface area contributed by atoms with Crippen LogP contribution in [0.15, 0.2) is 0 Å². The van der Waals surface area contributed by atoms with E-state index in [9.17, 15) is 0 Å². The van der Waals surface area contributed by atoms with E-state index in [2.05, 4.69) is 0 Å². The summed E-state index contributed by atoms with van der Waals surface area (Å²) in [7, 11) is 0. The number of aliphatic hydroxyl groups is 2. The van der Waals surface area contributed by atoms with Crippen molar-refractivity contribution in [1.82, 2.24) is 0 Å². The molecule has 78 valence electrons. The minimum absolute atomic E-state index is 0.167. The van der Waals surface area contributed by atoms with Gasteiger partial charge in [0.2, 0.25) is 0 Å². The lowest BCUT2D eigenvalue weighted by atomic mass is 10.5. The van der Waals surface area contributed by atoms with Crippen molar-refractivity contribution in [3.8, 4) is 0 Å². The van der Waals surface area contributed by atoms with Crippen molar-refractivity contribution in [3.05, 3.63) is 0 Å². The molecule has 0 saturated heterocycles. The molecule has 0 aromatic rings. The largest absolute Gasteiger partial charge is 0.394 e. The van der Waals surface area contributed by atoms with Crippen LogP contribution in [0.5, 0.6) is 0 Å². The number of halogens is 3. The molecule has 2 nitrogen and oxygen atoms in total. The number of hydrogen-bond acceptors (Lipinski definition) is 2. The smallest absolute Gasteiger partial charge is 0.180 e. The number of alkyl halides is 3. The fraction of sp³-hybridized carbons (Fsp3) is 1.00.